The molecule has 4 atom stereocenters. The quantitative estimate of drug-likeness (QED) is 0.421. The Balaban J connectivity index is 1.97. The van der Waals surface area contributed by atoms with Crippen molar-refractivity contribution in [3.8, 4) is 11.5 Å². The zero-order valence-electron chi connectivity index (χ0n) is 16.2. The van der Waals surface area contributed by atoms with Crippen molar-refractivity contribution in [3.63, 3.8) is 0 Å². The van der Waals surface area contributed by atoms with Crippen molar-refractivity contribution in [3.05, 3.63) is 50.8 Å². The number of Topliss-reactive ketones (excluding diaryl/α,β-unsaturated/α-hetero) is 1. The van der Waals surface area contributed by atoms with Crippen LogP contribution >= 0.6 is 0 Å². The van der Waals surface area contributed by atoms with E-state index in [0.717, 1.165) is 6.20 Å². The van der Waals surface area contributed by atoms with Crippen LogP contribution in [0.5, 0.6) is 11.5 Å². The van der Waals surface area contributed by atoms with Gasteiger partial charge in [0.15, 0.2) is 12.0 Å². The van der Waals surface area contributed by atoms with E-state index in [4.69, 9.17) is 14.2 Å². The highest BCUT2D eigenvalue weighted by atomic mass is 16.6. The highest BCUT2D eigenvalue weighted by Crippen LogP contribution is 2.27. The van der Waals surface area contributed by atoms with Crippen LogP contribution in [0.15, 0.2) is 34.0 Å². The Kier molecular flexibility index (Phi) is 6.31. The molecule has 1 aromatic carbocycles. The van der Waals surface area contributed by atoms with Gasteiger partial charge in [0.2, 0.25) is 0 Å². The van der Waals surface area contributed by atoms with Crippen LogP contribution in [0.1, 0.15) is 16.6 Å². The van der Waals surface area contributed by atoms with Crippen molar-refractivity contribution < 1.29 is 34.3 Å². The molecule has 1 aliphatic heterocycles. The molecule has 2 aromatic rings. The number of rotatable bonds is 7. The molecule has 0 amide bonds. The number of methoxy groups -OCH3 is 2. The average Bonchev–Trinajstić information content (AvgIpc) is 3.04. The summed E-state index contributed by atoms with van der Waals surface area (Å²) >= 11 is 0. The number of aliphatic hydroxyl groups is 3. The number of aliphatic hydroxyl groups excluding tert-OH is 3. The minimum absolute atomic E-state index is 0.0967. The van der Waals surface area contributed by atoms with Crippen LogP contribution in [-0.4, -0.2) is 74.6 Å². The molecule has 1 aliphatic rings. The molecule has 12 heteroatoms. The lowest BCUT2D eigenvalue weighted by molar-refractivity contribution is -0.0624. The number of ketones is 1. The van der Waals surface area contributed by atoms with Crippen molar-refractivity contribution in [2.45, 2.75) is 31.1 Å². The first kappa shape index (κ1) is 21.6. The Bertz CT molecular complexity index is 1050. The molecule has 12 nitrogen and oxygen atoms in total. The van der Waals surface area contributed by atoms with E-state index in [1.54, 1.807) is 6.07 Å². The van der Waals surface area contributed by atoms with E-state index in [1.807, 2.05) is 0 Å². The van der Waals surface area contributed by atoms with Gasteiger partial charge in [-0.1, -0.05) is 0 Å². The van der Waals surface area contributed by atoms with Crippen LogP contribution in [-0.2, 0) is 11.3 Å². The van der Waals surface area contributed by atoms with Gasteiger partial charge in [-0.2, -0.15) is 9.78 Å². The van der Waals surface area contributed by atoms with E-state index in [1.165, 1.54) is 26.4 Å². The maximum Gasteiger partial charge on any atom is 0.350 e. The summed E-state index contributed by atoms with van der Waals surface area (Å²) in [5, 5.41) is 32.8. The first-order valence-corrected chi connectivity index (χ1v) is 8.88. The van der Waals surface area contributed by atoms with Gasteiger partial charge in [-0.05, 0) is 18.2 Å². The van der Waals surface area contributed by atoms with Gasteiger partial charge in [0.05, 0.1) is 32.9 Å². The molecule has 0 radical (unpaired) electrons. The Hall–Kier alpha value is -3.06. The number of benzene rings is 1. The molecule has 3 N–H and O–H groups in total. The summed E-state index contributed by atoms with van der Waals surface area (Å²) in [6.07, 6.45) is -4.84. The van der Waals surface area contributed by atoms with Crippen LogP contribution in [0.25, 0.3) is 0 Å². The van der Waals surface area contributed by atoms with Crippen molar-refractivity contribution in [1.82, 2.24) is 14.3 Å². The van der Waals surface area contributed by atoms with Crippen molar-refractivity contribution in [2.24, 2.45) is 0 Å². The molecular weight excluding hydrogens is 402 g/mol. The largest absolute Gasteiger partial charge is 0.497 e. The molecule has 0 unspecified atom stereocenters. The summed E-state index contributed by atoms with van der Waals surface area (Å²) in [7, 11) is 2.79. The normalized spacial score (nSPS) is 23.4. The Labute approximate surface area is 169 Å². The molecular formula is C18H21N3O9. The lowest BCUT2D eigenvalue weighted by Gasteiger charge is -2.17. The molecule has 3 rings (SSSR count). The standard InChI is InChI=1S/C18H21N3O9/c1-28-9-3-4-12(29-2)10(5-9)11(23)7-20-14(24)6-19-21(18(20)27)17-16(26)15(25)13(8-22)30-17/h3-6,13,15-17,22,25-26H,7-8H2,1-2H3/t13-,15-,16-,17-/m1/s1. The van der Waals surface area contributed by atoms with Gasteiger partial charge in [-0.15, -0.1) is 0 Å². The molecule has 1 fully saturated rings. The van der Waals surface area contributed by atoms with Crippen LogP contribution in [0.3, 0.4) is 0 Å². The van der Waals surface area contributed by atoms with Gasteiger partial charge in [0.25, 0.3) is 5.56 Å². The highest BCUT2D eigenvalue weighted by molar-refractivity contribution is 5.98. The third-order valence-corrected chi connectivity index (χ3v) is 4.75. The Morgan fingerprint density at radius 2 is 1.93 bits per heavy atom. The van der Waals surface area contributed by atoms with Crippen molar-refractivity contribution in [1.29, 1.82) is 0 Å². The maximum atomic E-state index is 12.8. The minimum atomic E-state index is -1.58. The van der Waals surface area contributed by atoms with Gasteiger partial charge in [-0.25, -0.2) is 9.36 Å². The first-order valence-electron chi connectivity index (χ1n) is 8.88. The number of ether oxygens (including phenoxy) is 3. The van der Waals surface area contributed by atoms with Crippen LogP contribution in [0, 0.1) is 0 Å². The van der Waals surface area contributed by atoms with E-state index >= 15 is 0 Å². The number of hydrogen-bond acceptors (Lipinski definition) is 10. The lowest BCUT2D eigenvalue weighted by Crippen LogP contribution is -2.45. The number of aromatic nitrogens is 3. The van der Waals surface area contributed by atoms with Gasteiger partial charge in [0.1, 0.15) is 36.0 Å². The summed E-state index contributed by atoms with van der Waals surface area (Å²) in [5.74, 6) is 0.000643. The van der Waals surface area contributed by atoms with E-state index in [2.05, 4.69) is 5.10 Å². The zero-order valence-corrected chi connectivity index (χ0v) is 16.2. The smallest absolute Gasteiger partial charge is 0.350 e. The molecule has 0 bridgehead atoms. The molecule has 30 heavy (non-hydrogen) atoms. The summed E-state index contributed by atoms with van der Waals surface area (Å²) in [5.41, 5.74) is -1.79. The molecule has 0 saturated carbocycles. The molecule has 0 aliphatic carbocycles. The fraction of sp³-hybridized carbons (Fsp3) is 0.444. The molecule has 0 spiro atoms. The molecule has 1 saturated heterocycles. The van der Waals surface area contributed by atoms with Crippen molar-refractivity contribution in [2.75, 3.05) is 20.8 Å². The minimum Gasteiger partial charge on any atom is -0.497 e. The molecule has 162 valence electrons. The topological polar surface area (TPSA) is 162 Å². The van der Waals surface area contributed by atoms with Crippen molar-refractivity contribution >= 4 is 5.78 Å². The van der Waals surface area contributed by atoms with Gasteiger partial charge >= 0.3 is 5.69 Å². The summed E-state index contributed by atoms with van der Waals surface area (Å²) in [4.78, 5) is 37.8. The second kappa shape index (κ2) is 8.75. The highest BCUT2D eigenvalue weighted by Gasteiger charge is 2.44. The molecule has 1 aromatic heterocycles. The fourth-order valence-electron chi connectivity index (χ4n) is 3.11. The predicted molar refractivity (Wildman–Crippen MR) is 99.6 cm³/mol. The zero-order chi connectivity index (χ0) is 22.0. The number of carbonyl (C=O) groups is 1. The van der Waals surface area contributed by atoms with Gasteiger partial charge in [0, 0.05) is 0 Å². The monoisotopic (exact) mass is 423 g/mol. The Morgan fingerprint density at radius 1 is 1.20 bits per heavy atom. The van der Waals surface area contributed by atoms with E-state index in [0.29, 0.717) is 15.0 Å². The SMILES string of the molecule is COc1ccc(OC)c(C(=O)Cn2c(=O)cnn([C@@H]3O[C@H](CO)[C@@H](O)[C@H]3O)c2=O)c1. The third-order valence-electron chi connectivity index (χ3n) is 4.75. The van der Waals surface area contributed by atoms with Gasteiger partial charge < -0.3 is 29.5 Å². The average molecular weight is 423 g/mol. The Morgan fingerprint density at radius 3 is 2.53 bits per heavy atom. The summed E-state index contributed by atoms with van der Waals surface area (Å²) in [6.45, 7) is -1.24. The maximum absolute atomic E-state index is 12.8. The number of carbonyl (C=O) groups excluding carboxylic acids is 1. The second-order valence-electron chi connectivity index (χ2n) is 6.51. The second-order valence-corrected chi connectivity index (χ2v) is 6.51. The number of nitrogens with zero attached hydrogens (tertiary/aromatic N) is 3. The third kappa shape index (κ3) is 3.85. The first-order chi connectivity index (χ1) is 14.3. The molecule has 2 heterocycles. The van der Waals surface area contributed by atoms with Gasteiger partial charge in [-0.3, -0.25) is 9.59 Å². The van der Waals surface area contributed by atoms with Crippen LogP contribution in [0.4, 0.5) is 0 Å². The van der Waals surface area contributed by atoms with Crippen LogP contribution in [0.2, 0.25) is 0 Å². The fourth-order valence-corrected chi connectivity index (χ4v) is 3.11. The summed E-state index contributed by atoms with van der Waals surface area (Å²) < 4.78 is 16.8. The van der Waals surface area contributed by atoms with E-state index in [-0.39, 0.29) is 11.3 Å². The number of hydrogen-bond donors (Lipinski definition) is 3. The predicted octanol–water partition coefficient (Wildman–Crippen LogP) is -2.08. The van der Waals surface area contributed by atoms with E-state index in [9.17, 15) is 29.7 Å². The summed E-state index contributed by atoms with van der Waals surface area (Å²) in [6, 6.07) is 4.51. The van der Waals surface area contributed by atoms with E-state index < -0.39 is 54.7 Å². The van der Waals surface area contributed by atoms with Crippen LogP contribution < -0.4 is 20.7 Å². The lowest BCUT2D eigenvalue weighted by atomic mass is 10.1.